The van der Waals surface area contributed by atoms with Gasteiger partial charge in [0.2, 0.25) is 5.66 Å². The second kappa shape index (κ2) is 7.35. The van der Waals surface area contributed by atoms with Gasteiger partial charge in [-0.2, -0.15) is 0 Å². The number of likely N-dealkylation sites (N-methyl/N-ethyl adjacent to an activating group) is 1. The van der Waals surface area contributed by atoms with Crippen molar-refractivity contribution in [1.82, 2.24) is 33.8 Å². The summed E-state index contributed by atoms with van der Waals surface area (Å²) in [7, 11) is 1.48. The van der Waals surface area contributed by atoms with Crippen molar-refractivity contribution in [3.63, 3.8) is 0 Å². The summed E-state index contributed by atoms with van der Waals surface area (Å²) in [6, 6.07) is 0. The van der Waals surface area contributed by atoms with Crippen molar-refractivity contribution in [2.24, 2.45) is 13.0 Å². The van der Waals surface area contributed by atoms with Gasteiger partial charge in [0, 0.05) is 39.8 Å². The summed E-state index contributed by atoms with van der Waals surface area (Å²) in [5, 5.41) is 0. The van der Waals surface area contributed by atoms with E-state index >= 15 is 0 Å². The highest BCUT2D eigenvalue weighted by molar-refractivity contribution is 5.89. The fourth-order valence-electron chi connectivity index (χ4n) is 4.94. The minimum atomic E-state index is -1.08. The molecule has 0 saturated carbocycles. The molecule has 10 heteroatoms. The zero-order valence-corrected chi connectivity index (χ0v) is 18.4. The first-order valence-corrected chi connectivity index (χ1v) is 10.8. The van der Waals surface area contributed by atoms with Crippen LogP contribution in [0.25, 0.3) is 11.2 Å². The summed E-state index contributed by atoms with van der Waals surface area (Å²) < 4.78 is 2.65. The number of rotatable bonds is 6. The first-order valence-electron chi connectivity index (χ1n) is 10.8. The van der Waals surface area contributed by atoms with Crippen LogP contribution in [0.5, 0.6) is 0 Å². The van der Waals surface area contributed by atoms with E-state index in [2.05, 4.69) is 14.8 Å². The molecule has 3 saturated heterocycles. The fourth-order valence-corrected chi connectivity index (χ4v) is 4.94. The molecule has 2 bridgehead atoms. The smallest absolute Gasteiger partial charge is 0.332 e. The lowest BCUT2D eigenvalue weighted by molar-refractivity contribution is -0.187. The molecule has 164 valence electrons. The molecule has 0 aliphatic carbocycles. The summed E-state index contributed by atoms with van der Waals surface area (Å²) in [6.07, 6.45) is 0. The van der Waals surface area contributed by atoms with Gasteiger partial charge in [-0.05, 0) is 19.0 Å². The van der Waals surface area contributed by atoms with Crippen LogP contribution in [0.4, 0.5) is 0 Å². The lowest BCUT2D eigenvalue weighted by Gasteiger charge is -2.56. The lowest BCUT2D eigenvalue weighted by Crippen LogP contribution is -2.75. The summed E-state index contributed by atoms with van der Waals surface area (Å²) in [6.45, 7) is 12.7. The summed E-state index contributed by atoms with van der Waals surface area (Å²) in [5.74, 6) is 0.607. The maximum Gasteiger partial charge on any atom is 0.332 e. The molecular formula is C20H31N7O3. The molecule has 3 aliphatic rings. The van der Waals surface area contributed by atoms with E-state index in [1.165, 1.54) is 7.05 Å². The van der Waals surface area contributed by atoms with Gasteiger partial charge < -0.3 is 9.88 Å². The third-order valence-electron chi connectivity index (χ3n) is 6.40. The number of hydrogen-bond donors (Lipinski definition) is 1. The minimum Gasteiger partial charge on any atom is -0.337 e. The maximum absolute atomic E-state index is 13.7. The first-order chi connectivity index (χ1) is 14.3. The van der Waals surface area contributed by atoms with E-state index in [1.54, 1.807) is 4.57 Å². The highest BCUT2D eigenvalue weighted by Crippen LogP contribution is 2.38. The van der Waals surface area contributed by atoms with Crippen LogP contribution in [-0.2, 0) is 24.0 Å². The van der Waals surface area contributed by atoms with Crippen molar-refractivity contribution in [3.8, 4) is 0 Å². The molecule has 3 aliphatic heterocycles. The molecule has 5 rings (SSSR count). The van der Waals surface area contributed by atoms with E-state index in [-0.39, 0.29) is 17.3 Å². The number of fused-ring (bicyclic) bond motifs is 4. The van der Waals surface area contributed by atoms with Crippen LogP contribution in [0.2, 0.25) is 0 Å². The number of nitrogens with zero attached hydrogens (tertiary/aromatic N) is 6. The van der Waals surface area contributed by atoms with Crippen molar-refractivity contribution in [2.75, 3.05) is 39.3 Å². The number of amides is 1. The third-order valence-corrected chi connectivity index (χ3v) is 6.40. The van der Waals surface area contributed by atoms with Crippen LogP contribution in [0, 0.1) is 5.92 Å². The average Bonchev–Trinajstić information content (AvgIpc) is 3.18. The van der Waals surface area contributed by atoms with E-state index in [4.69, 9.17) is 4.98 Å². The van der Waals surface area contributed by atoms with Gasteiger partial charge in [-0.3, -0.25) is 28.5 Å². The van der Waals surface area contributed by atoms with Gasteiger partial charge in [-0.25, -0.2) is 9.78 Å². The van der Waals surface area contributed by atoms with E-state index in [1.807, 2.05) is 32.6 Å². The van der Waals surface area contributed by atoms with Crippen LogP contribution in [0.1, 0.15) is 33.5 Å². The molecule has 5 heterocycles. The first kappa shape index (κ1) is 20.8. The fraction of sp³-hybridized carbons (Fsp3) is 0.700. The molecule has 2 aromatic rings. The minimum absolute atomic E-state index is 0.0164. The molecule has 1 atom stereocenters. The molecule has 30 heavy (non-hydrogen) atoms. The van der Waals surface area contributed by atoms with Gasteiger partial charge in [-0.15, -0.1) is 0 Å². The van der Waals surface area contributed by atoms with Gasteiger partial charge in [0.1, 0.15) is 5.52 Å². The predicted molar refractivity (Wildman–Crippen MR) is 113 cm³/mol. The van der Waals surface area contributed by atoms with Crippen LogP contribution in [0.15, 0.2) is 9.59 Å². The Bertz CT molecular complexity index is 1080. The SMILES string of the molecule is CCN(CC)C1(c2nc3c([nH]2)c(=O)n(C)c(=O)n3CC(C)C)C(=O)N2CCN1CC2. The van der Waals surface area contributed by atoms with Crippen LogP contribution in [-0.4, -0.2) is 79.0 Å². The molecule has 1 amide bonds. The predicted octanol–water partition coefficient (Wildman–Crippen LogP) is -0.268. The number of nitrogens with one attached hydrogen (secondary N) is 1. The van der Waals surface area contributed by atoms with E-state index in [0.29, 0.717) is 44.2 Å². The average molecular weight is 418 g/mol. The van der Waals surface area contributed by atoms with Crippen LogP contribution >= 0.6 is 0 Å². The molecule has 2 aromatic heterocycles. The summed E-state index contributed by atoms with van der Waals surface area (Å²) >= 11 is 0. The van der Waals surface area contributed by atoms with Crippen molar-refractivity contribution < 1.29 is 4.79 Å². The van der Waals surface area contributed by atoms with E-state index in [0.717, 1.165) is 17.7 Å². The topological polar surface area (TPSA) is 99.5 Å². The second-order valence-corrected chi connectivity index (χ2v) is 8.56. The molecule has 3 fully saturated rings. The van der Waals surface area contributed by atoms with Gasteiger partial charge in [-0.1, -0.05) is 27.7 Å². The lowest BCUT2D eigenvalue weighted by atomic mass is 9.95. The number of aromatic nitrogens is 4. The van der Waals surface area contributed by atoms with Crippen LogP contribution < -0.4 is 11.2 Å². The normalized spacial score (nSPS) is 24.0. The standard InChI is InChI=1S/C20H31N7O3/c1-6-25(7-2)20(18(29)24-8-10-26(20)11-9-24)17-21-14-15(22-17)27(12-13(3)4)19(30)23(5)16(14)28/h13H,6-12H2,1-5H3,(H,21,22). The highest BCUT2D eigenvalue weighted by Gasteiger charge is 2.58. The number of carbonyl (C=O) groups excluding carboxylic acids is 1. The molecule has 1 N–H and O–H groups in total. The van der Waals surface area contributed by atoms with E-state index in [9.17, 15) is 14.4 Å². The Labute approximate surface area is 175 Å². The maximum atomic E-state index is 13.7. The number of carbonyl (C=O) groups is 1. The van der Waals surface area contributed by atoms with Gasteiger partial charge in [0.05, 0.1) is 0 Å². The Balaban J connectivity index is 2.03. The Kier molecular flexibility index (Phi) is 5.09. The number of hydrogen-bond acceptors (Lipinski definition) is 6. The van der Waals surface area contributed by atoms with E-state index < -0.39 is 16.9 Å². The summed E-state index contributed by atoms with van der Waals surface area (Å²) in [4.78, 5) is 53.5. The molecule has 10 nitrogen and oxygen atoms in total. The number of H-pyrrole nitrogens is 1. The number of piperazine rings is 3. The molecule has 0 spiro atoms. The van der Waals surface area contributed by atoms with Crippen molar-refractivity contribution >= 4 is 17.1 Å². The highest BCUT2D eigenvalue weighted by atomic mass is 16.2. The molecular weight excluding hydrogens is 386 g/mol. The van der Waals surface area contributed by atoms with Crippen molar-refractivity contribution in [2.45, 2.75) is 39.9 Å². The third kappa shape index (κ3) is 2.70. The Morgan fingerprint density at radius 3 is 2.27 bits per heavy atom. The van der Waals surface area contributed by atoms with Gasteiger partial charge in [0.25, 0.3) is 11.5 Å². The second-order valence-electron chi connectivity index (χ2n) is 8.56. The largest absolute Gasteiger partial charge is 0.337 e. The van der Waals surface area contributed by atoms with Crippen molar-refractivity contribution in [1.29, 1.82) is 0 Å². The summed E-state index contributed by atoms with van der Waals surface area (Å²) in [5.41, 5.74) is -1.31. The van der Waals surface area contributed by atoms with Gasteiger partial charge >= 0.3 is 5.69 Å². The zero-order chi connectivity index (χ0) is 21.8. The van der Waals surface area contributed by atoms with Crippen molar-refractivity contribution in [3.05, 3.63) is 26.7 Å². The number of aromatic amines is 1. The van der Waals surface area contributed by atoms with Gasteiger partial charge in [0.15, 0.2) is 11.5 Å². The Morgan fingerprint density at radius 2 is 1.73 bits per heavy atom. The Morgan fingerprint density at radius 1 is 1.10 bits per heavy atom. The zero-order valence-electron chi connectivity index (χ0n) is 18.4. The quantitative estimate of drug-likeness (QED) is 0.695. The molecule has 1 unspecified atom stereocenters. The Hall–Kier alpha value is -2.46. The number of imidazole rings is 1. The monoisotopic (exact) mass is 417 g/mol. The molecule has 0 radical (unpaired) electrons. The van der Waals surface area contributed by atoms with Crippen LogP contribution in [0.3, 0.4) is 0 Å². The molecule has 0 aromatic carbocycles.